The van der Waals surface area contributed by atoms with Gasteiger partial charge < -0.3 is 4.74 Å². The van der Waals surface area contributed by atoms with Crippen LogP contribution in [0.1, 0.15) is 5.56 Å². The van der Waals surface area contributed by atoms with Crippen molar-refractivity contribution in [1.82, 2.24) is 0 Å². The molecule has 0 unspecified atom stereocenters. The minimum atomic E-state index is -4.21. The van der Waals surface area contributed by atoms with Gasteiger partial charge in [-0.05, 0) is 29.5 Å². The smallest absolute Gasteiger partial charge is 0.441 e. The Morgan fingerprint density at radius 3 is 2.41 bits per heavy atom. The van der Waals surface area contributed by atoms with Crippen LogP contribution < -0.4 is 4.74 Å². The molecule has 1 aromatic carbocycles. The van der Waals surface area contributed by atoms with Crippen LogP contribution >= 0.6 is 11.8 Å². The molecule has 0 aliphatic rings. The van der Waals surface area contributed by atoms with E-state index in [4.69, 9.17) is 10.00 Å². The monoisotopic (exact) mass is 261 g/mol. The van der Waals surface area contributed by atoms with Gasteiger partial charge in [0.1, 0.15) is 5.75 Å². The third-order valence-corrected chi connectivity index (χ3v) is 2.52. The maximum Gasteiger partial charge on any atom is 0.441 e. The first-order valence-electron chi connectivity index (χ1n) is 4.80. The van der Waals surface area contributed by atoms with E-state index in [1.165, 1.54) is 0 Å². The minimum absolute atomic E-state index is 0.00176. The first-order chi connectivity index (χ1) is 8.01. The lowest BCUT2D eigenvalue weighted by atomic mass is 10.2. The molecule has 0 aliphatic carbocycles. The zero-order valence-electron chi connectivity index (χ0n) is 8.83. The predicted octanol–water partition coefficient (Wildman–Crippen LogP) is 3.38. The van der Waals surface area contributed by atoms with Crippen molar-refractivity contribution in [1.29, 1.82) is 5.26 Å². The SMILES string of the molecule is N#CCc1ccc(OCCSC(F)(F)F)cc1. The molecule has 92 valence electrons. The van der Waals surface area contributed by atoms with Gasteiger partial charge in [0.2, 0.25) is 0 Å². The van der Waals surface area contributed by atoms with Crippen LogP contribution in [-0.2, 0) is 6.42 Å². The van der Waals surface area contributed by atoms with E-state index in [0.29, 0.717) is 12.2 Å². The van der Waals surface area contributed by atoms with E-state index in [2.05, 4.69) is 0 Å². The summed E-state index contributed by atoms with van der Waals surface area (Å²) in [5, 5.41) is 8.45. The van der Waals surface area contributed by atoms with E-state index < -0.39 is 5.51 Å². The molecule has 0 saturated heterocycles. The van der Waals surface area contributed by atoms with E-state index in [0.717, 1.165) is 5.56 Å². The van der Waals surface area contributed by atoms with Gasteiger partial charge in [0.05, 0.1) is 19.1 Å². The molecule has 0 N–H and O–H groups in total. The van der Waals surface area contributed by atoms with Gasteiger partial charge in [0.15, 0.2) is 0 Å². The van der Waals surface area contributed by atoms with Crippen molar-refractivity contribution in [3.8, 4) is 11.8 Å². The number of halogens is 3. The maximum atomic E-state index is 11.8. The Labute approximate surface area is 101 Å². The number of ether oxygens (including phenoxy) is 1. The molecule has 2 nitrogen and oxygen atoms in total. The fourth-order valence-corrected chi connectivity index (χ4v) is 1.51. The molecule has 0 fully saturated rings. The van der Waals surface area contributed by atoms with Gasteiger partial charge in [0.25, 0.3) is 0 Å². The van der Waals surface area contributed by atoms with Crippen LogP contribution in [0.2, 0.25) is 0 Å². The molecule has 0 saturated carbocycles. The molecule has 0 spiro atoms. The summed E-state index contributed by atoms with van der Waals surface area (Å²) in [5.41, 5.74) is -3.36. The number of alkyl halides is 3. The normalized spacial score (nSPS) is 10.9. The molecule has 1 aromatic rings. The molecule has 6 heteroatoms. The van der Waals surface area contributed by atoms with Crippen molar-refractivity contribution in [3.05, 3.63) is 29.8 Å². The summed E-state index contributed by atoms with van der Waals surface area (Å²) in [4.78, 5) is 0. The van der Waals surface area contributed by atoms with Gasteiger partial charge in [-0.2, -0.15) is 18.4 Å². The Balaban J connectivity index is 2.30. The van der Waals surface area contributed by atoms with Crippen molar-refractivity contribution in [2.75, 3.05) is 12.4 Å². The van der Waals surface area contributed by atoms with Gasteiger partial charge in [-0.3, -0.25) is 0 Å². The van der Waals surface area contributed by atoms with Crippen LogP contribution in [-0.4, -0.2) is 17.9 Å². The van der Waals surface area contributed by atoms with Gasteiger partial charge >= 0.3 is 5.51 Å². The average molecular weight is 261 g/mol. The number of hydrogen-bond donors (Lipinski definition) is 0. The van der Waals surface area contributed by atoms with Crippen LogP contribution in [0.5, 0.6) is 5.75 Å². The third-order valence-electron chi connectivity index (χ3n) is 1.82. The Morgan fingerprint density at radius 2 is 1.88 bits per heavy atom. The minimum Gasteiger partial charge on any atom is -0.493 e. The summed E-state index contributed by atoms with van der Waals surface area (Å²) in [6.07, 6.45) is 0.310. The van der Waals surface area contributed by atoms with Crippen LogP contribution in [0.3, 0.4) is 0 Å². The van der Waals surface area contributed by atoms with Crippen molar-refractivity contribution < 1.29 is 17.9 Å². The lowest BCUT2D eigenvalue weighted by Crippen LogP contribution is -2.07. The lowest BCUT2D eigenvalue weighted by Gasteiger charge is -2.07. The van der Waals surface area contributed by atoms with Crippen LogP contribution in [0.4, 0.5) is 13.2 Å². The zero-order valence-corrected chi connectivity index (χ0v) is 9.64. The summed E-state index contributed by atoms with van der Waals surface area (Å²) < 4.78 is 40.5. The third kappa shape index (κ3) is 6.07. The highest BCUT2D eigenvalue weighted by Crippen LogP contribution is 2.29. The number of hydrogen-bond acceptors (Lipinski definition) is 3. The van der Waals surface area contributed by atoms with Gasteiger partial charge in [-0.15, -0.1) is 0 Å². The summed E-state index contributed by atoms with van der Waals surface area (Å²) in [6.45, 7) is 0.00176. The van der Waals surface area contributed by atoms with Crippen molar-refractivity contribution >= 4 is 11.8 Å². The van der Waals surface area contributed by atoms with Gasteiger partial charge in [0, 0.05) is 5.75 Å². The topological polar surface area (TPSA) is 33.0 Å². The number of thioether (sulfide) groups is 1. The first-order valence-corrected chi connectivity index (χ1v) is 5.79. The second-order valence-electron chi connectivity index (χ2n) is 3.12. The van der Waals surface area contributed by atoms with E-state index in [9.17, 15) is 13.2 Å². The zero-order chi connectivity index (χ0) is 12.7. The fourth-order valence-electron chi connectivity index (χ4n) is 1.11. The van der Waals surface area contributed by atoms with Crippen LogP contribution in [0.15, 0.2) is 24.3 Å². The molecule has 1 rings (SSSR count). The number of nitrogens with zero attached hydrogens (tertiary/aromatic N) is 1. The number of rotatable bonds is 5. The van der Waals surface area contributed by atoms with E-state index in [1.807, 2.05) is 6.07 Å². The highest BCUT2D eigenvalue weighted by atomic mass is 32.2. The fraction of sp³-hybridized carbons (Fsp3) is 0.364. The number of benzene rings is 1. The molecule has 0 heterocycles. The van der Waals surface area contributed by atoms with Crippen molar-refractivity contribution in [3.63, 3.8) is 0 Å². The molecular weight excluding hydrogens is 251 g/mol. The maximum absolute atomic E-state index is 11.8. The van der Waals surface area contributed by atoms with E-state index >= 15 is 0 Å². The largest absolute Gasteiger partial charge is 0.493 e. The summed E-state index contributed by atoms with van der Waals surface area (Å²) in [6, 6.07) is 8.73. The molecular formula is C11H10F3NOS. The molecule has 0 amide bonds. The molecule has 0 aliphatic heterocycles. The quantitative estimate of drug-likeness (QED) is 0.762. The molecule has 0 radical (unpaired) electrons. The molecule has 0 bridgehead atoms. The van der Waals surface area contributed by atoms with Gasteiger partial charge in [-0.1, -0.05) is 12.1 Å². The van der Waals surface area contributed by atoms with Gasteiger partial charge in [-0.25, -0.2) is 0 Å². The summed E-state index contributed by atoms with van der Waals surface area (Å²) in [7, 11) is 0. The average Bonchev–Trinajstić information content (AvgIpc) is 2.26. The predicted molar refractivity (Wildman–Crippen MR) is 59.8 cm³/mol. The van der Waals surface area contributed by atoms with Crippen LogP contribution in [0, 0.1) is 11.3 Å². The standard InChI is InChI=1S/C11H10F3NOS/c12-11(13,14)17-8-7-16-10-3-1-9(2-4-10)5-6-15/h1-4H,5,7-8H2. The first kappa shape index (κ1) is 13.7. The van der Waals surface area contributed by atoms with E-state index in [-0.39, 0.29) is 24.1 Å². The summed E-state index contributed by atoms with van der Waals surface area (Å²) in [5.74, 6) is 0.373. The Kier molecular flexibility index (Phi) is 5.16. The molecule has 0 aromatic heterocycles. The molecule has 17 heavy (non-hydrogen) atoms. The lowest BCUT2D eigenvalue weighted by molar-refractivity contribution is -0.0329. The Bertz CT molecular complexity index is 383. The second kappa shape index (κ2) is 6.40. The highest BCUT2D eigenvalue weighted by molar-refractivity contribution is 8.00. The van der Waals surface area contributed by atoms with E-state index in [1.54, 1.807) is 24.3 Å². The van der Waals surface area contributed by atoms with Crippen molar-refractivity contribution in [2.45, 2.75) is 11.9 Å². The highest BCUT2D eigenvalue weighted by Gasteiger charge is 2.27. The Hall–Kier alpha value is -1.35. The molecule has 0 atom stereocenters. The summed E-state index contributed by atoms with van der Waals surface area (Å²) >= 11 is -0.104. The van der Waals surface area contributed by atoms with Crippen molar-refractivity contribution in [2.24, 2.45) is 0 Å². The number of nitriles is 1. The van der Waals surface area contributed by atoms with Crippen LogP contribution in [0.25, 0.3) is 0 Å². The second-order valence-corrected chi connectivity index (χ2v) is 4.28. The Morgan fingerprint density at radius 1 is 1.24 bits per heavy atom.